The van der Waals surface area contributed by atoms with E-state index in [0.29, 0.717) is 13.2 Å². The number of benzene rings is 4. The van der Waals surface area contributed by atoms with Gasteiger partial charge >= 0.3 is 0 Å². The van der Waals surface area contributed by atoms with Gasteiger partial charge in [0, 0.05) is 23.0 Å². The molecule has 4 aromatic carbocycles. The van der Waals surface area contributed by atoms with E-state index in [1.54, 1.807) is 0 Å². The molecular weight excluding hydrogens is 520 g/mol. The Labute approximate surface area is 227 Å². The first-order valence-corrected chi connectivity index (χ1v) is 13.3. The molecule has 0 unspecified atom stereocenters. The van der Waals surface area contributed by atoms with Crippen LogP contribution in [0.15, 0.2) is 132 Å². The number of ether oxygens (including phenoxy) is 1. The van der Waals surface area contributed by atoms with Crippen molar-refractivity contribution in [2.45, 2.75) is 23.6 Å². The van der Waals surface area contributed by atoms with E-state index in [-0.39, 0.29) is 18.0 Å². The van der Waals surface area contributed by atoms with Crippen molar-refractivity contribution in [3.8, 4) is 6.07 Å². The zero-order valence-electron chi connectivity index (χ0n) is 20.6. The van der Waals surface area contributed by atoms with Crippen molar-refractivity contribution >= 4 is 15.9 Å². The molecule has 4 aromatic rings. The summed E-state index contributed by atoms with van der Waals surface area (Å²) in [5, 5.41) is 10.1. The highest BCUT2D eigenvalue weighted by Gasteiger charge is 2.50. The highest BCUT2D eigenvalue weighted by atomic mass is 79.9. The van der Waals surface area contributed by atoms with Crippen LogP contribution in [-0.2, 0) is 10.3 Å². The second-order valence-corrected chi connectivity index (χ2v) is 10.2. The van der Waals surface area contributed by atoms with Crippen molar-refractivity contribution in [2.75, 3.05) is 13.2 Å². The zero-order chi connectivity index (χ0) is 25.7. The maximum Gasteiger partial charge on any atom is 0.143 e. The highest BCUT2D eigenvalue weighted by molar-refractivity contribution is 9.10. The molecule has 0 saturated carbocycles. The second kappa shape index (κ2) is 11.3. The molecule has 1 aliphatic heterocycles. The number of hydrogen-bond donors (Lipinski definition) is 0. The normalized spacial score (nSPS) is 19.5. The number of nitrogens with zero attached hydrogens (tertiary/aromatic N) is 2. The Hall–Kier alpha value is -3.49. The molecule has 1 heterocycles. The van der Waals surface area contributed by atoms with Gasteiger partial charge in [-0.15, -0.1) is 6.58 Å². The molecule has 1 aliphatic rings. The molecule has 1 fully saturated rings. The summed E-state index contributed by atoms with van der Waals surface area (Å²) < 4.78 is 8.17. The number of nitriles is 1. The number of rotatable bonds is 9. The Bertz CT molecular complexity index is 1250. The van der Waals surface area contributed by atoms with E-state index in [2.05, 4.69) is 118 Å². The van der Waals surface area contributed by atoms with Crippen LogP contribution >= 0.6 is 15.9 Å². The van der Waals surface area contributed by atoms with Crippen LogP contribution in [0.5, 0.6) is 0 Å². The van der Waals surface area contributed by atoms with E-state index >= 15 is 0 Å². The fourth-order valence-corrected chi connectivity index (χ4v) is 5.81. The van der Waals surface area contributed by atoms with Crippen LogP contribution in [0, 0.1) is 11.3 Å². The number of halogens is 1. The lowest BCUT2D eigenvalue weighted by atomic mass is 9.75. The van der Waals surface area contributed by atoms with Gasteiger partial charge in [-0.3, -0.25) is 4.90 Å². The zero-order valence-corrected chi connectivity index (χ0v) is 22.2. The predicted octanol–water partition coefficient (Wildman–Crippen LogP) is 7.30. The molecule has 184 valence electrons. The lowest BCUT2D eigenvalue weighted by Gasteiger charge is -2.53. The summed E-state index contributed by atoms with van der Waals surface area (Å²) >= 11 is 3.54. The fraction of sp³-hybridized carbons (Fsp3) is 0.182. The summed E-state index contributed by atoms with van der Waals surface area (Å²) in [6.45, 7) is 5.03. The van der Waals surface area contributed by atoms with Gasteiger partial charge in [-0.2, -0.15) is 5.26 Å². The van der Waals surface area contributed by atoms with Crippen LogP contribution in [-0.4, -0.2) is 30.1 Å². The highest BCUT2D eigenvalue weighted by Crippen LogP contribution is 2.45. The van der Waals surface area contributed by atoms with Gasteiger partial charge in [0.25, 0.3) is 0 Å². The predicted molar refractivity (Wildman–Crippen MR) is 152 cm³/mol. The lowest BCUT2D eigenvalue weighted by molar-refractivity contribution is -0.0750. The van der Waals surface area contributed by atoms with Crippen LogP contribution in [0.25, 0.3) is 0 Å². The van der Waals surface area contributed by atoms with E-state index in [1.807, 2.05) is 36.4 Å². The number of hydrogen-bond acceptors (Lipinski definition) is 3. The van der Waals surface area contributed by atoms with Gasteiger partial charge in [0.05, 0.1) is 12.7 Å². The van der Waals surface area contributed by atoms with Crippen LogP contribution in [0.4, 0.5) is 0 Å². The van der Waals surface area contributed by atoms with Crippen molar-refractivity contribution in [1.29, 1.82) is 5.26 Å². The van der Waals surface area contributed by atoms with Gasteiger partial charge in [-0.25, -0.2) is 0 Å². The van der Waals surface area contributed by atoms with Crippen LogP contribution in [0.2, 0.25) is 0 Å². The van der Waals surface area contributed by atoms with E-state index < -0.39 is 5.60 Å². The molecule has 0 bridgehead atoms. The smallest absolute Gasteiger partial charge is 0.143 e. The summed E-state index contributed by atoms with van der Waals surface area (Å²) in [7, 11) is 0. The quantitative estimate of drug-likeness (QED) is 0.162. The summed E-state index contributed by atoms with van der Waals surface area (Å²) in [6.07, 6.45) is 1.87. The second-order valence-electron chi connectivity index (χ2n) is 9.29. The third-order valence-electron chi connectivity index (χ3n) is 7.28. The molecule has 0 amide bonds. The molecule has 0 spiro atoms. The average molecular weight is 550 g/mol. The van der Waals surface area contributed by atoms with Crippen molar-refractivity contribution in [2.24, 2.45) is 0 Å². The van der Waals surface area contributed by atoms with Gasteiger partial charge in [0.15, 0.2) is 0 Å². The minimum Gasteiger partial charge on any atom is -0.359 e. The Morgan fingerprint density at radius 3 is 1.73 bits per heavy atom. The molecular formula is C33H29BrN2O. The van der Waals surface area contributed by atoms with Crippen molar-refractivity contribution in [3.05, 3.63) is 155 Å². The molecule has 4 heteroatoms. The molecule has 1 saturated heterocycles. The molecule has 0 aromatic heterocycles. The lowest BCUT2D eigenvalue weighted by Crippen LogP contribution is -2.63. The first kappa shape index (κ1) is 25.2. The molecule has 0 radical (unpaired) electrons. The van der Waals surface area contributed by atoms with E-state index in [1.165, 1.54) is 0 Å². The van der Waals surface area contributed by atoms with Gasteiger partial charge in [0.2, 0.25) is 0 Å². The Balaban J connectivity index is 1.59. The standard InChI is InChI=1S/C33H29BrN2O/c1-2-22-36-30(23-35)32(25-18-20-29(34)21-19-25)31(36)24-37-33(26-12-6-3-7-13-26,27-14-8-4-9-15-27)28-16-10-5-11-17-28/h2-21,30-32H,1,22,24H2/t30-,31+,32+/m1/s1. The van der Waals surface area contributed by atoms with Gasteiger partial charge < -0.3 is 4.74 Å². The molecule has 3 atom stereocenters. The van der Waals surface area contributed by atoms with Crippen LogP contribution in [0.1, 0.15) is 28.2 Å². The van der Waals surface area contributed by atoms with E-state index in [9.17, 15) is 5.26 Å². The maximum absolute atomic E-state index is 10.1. The maximum atomic E-state index is 10.1. The van der Waals surface area contributed by atoms with E-state index in [0.717, 1.165) is 26.7 Å². The summed E-state index contributed by atoms with van der Waals surface area (Å²) in [4.78, 5) is 2.20. The van der Waals surface area contributed by atoms with Crippen molar-refractivity contribution in [3.63, 3.8) is 0 Å². The Kier molecular flexibility index (Phi) is 7.67. The third-order valence-corrected chi connectivity index (χ3v) is 7.81. The number of likely N-dealkylation sites (tertiary alicyclic amines) is 1. The first-order valence-electron chi connectivity index (χ1n) is 12.5. The van der Waals surface area contributed by atoms with Gasteiger partial charge in [-0.05, 0) is 34.4 Å². The minimum absolute atomic E-state index is 0.0272. The van der Waals surface area contributed by atoms with Crippen LogP contribution < -0.4 is 0 Å². The van der Waals surface area contributed by atoms with Gasteiger partial charge in [-0.1, -0.05) is 125 Å². The molecule has 0 aliphatic carbocycles. The third kappa shape index (κ3) is 4.79. The first-order chi connectivity index (χ1) is 18.2. The molecule has 37 heavy (non-hydrogen) atoms. The van der Waals surface area contributed by atoms with E-state index in [4.69, 9.17) is 4.74 Å². The summed E-state index contributed by atoms with van der Waals surface area (Å²) in [5.74, 6) is 0.0399. The monoisotopic (exact) mass is 548 g/mol. The SMILES string of the molecule is C=CCN1[C@H](C#N)[C@H](c2ccc(Br)cc2)[C@@H]1COC(c1ccccc1)(c1ccccc1)c1ccccc1. The van der Waals surface area contributed by atoms with Crippen molar-refractivity contribution in [1.82, 2.24) is 4.90 Å². The average Bonchev–Trinajstić information content (AvgIpc) is 2.95. The topological polar surface area (TPSA) is 36.3 Å². The van der Waals surface area contributed by atoms with Crippen LogP contribution in [0.3, 0.4) is 0 Å². The molecule has 3 nitrogen and oxygen atoms in total. The largest absolute Gasteiger partial charge is 0.359 e. The Morgan fingerprint density at radius 1 is 0.811 bits per heavy atom. The molecule has 0 N–H and O–H groups in total. The fourth-order valence-electron chi connectivity index (χ4n) is 5.55. The van der Waals surface area contributed by atoms with Gasteiger partial charge in [0.1, 0.15) is 11.6 Å². The molecule has 5 rings (SSSR count). The van der Waals surface area contributed by atoms with Crippen molar-refractivity contribution < 1.29 is 4.74 Å². The Morgan fingerprint density at radius 2 is 1.30 bits per heavy atom. The summed E-state index contributed by atoms with van der Waals surface area (Å²) in [6, 6.07) is 41.9. The minimum atomic E-state index is -0.800. The summed E-state index contributed by atoms with van der Waals surface area (Å²) in [5.41, 5.74) is 3.55.